The van der Waals surface area contributed by atoms with Crippen molar-refractivity contribution in [1.82, 2.24) is 15.2 Å². The first-order valence-electron chi connectivity index (χ1n) is 7.65. The van der Waals surface area contributed by atoms with Crippen LogP contribution in [0.4, 0.5) is 0 Å². The number of methoxy groups -OCH3 is 1. The number of aryl methyl sites for hydroxylation is 1. The Balaban J connectivity index is 1.74. The molecule has 0 aromatic carbocycles. The molecule has 2 bridgehead atoms. The molecule has 3 heterocycles. The van der Waals surface area contributed by atoms with Crippen LogP contribution in [0, 0.1) is 13.8 Å². The van der Waals surface area contributed by atoms with Crippen molar-refractivity contribution in [2.45, 2.75) is 51.7 Å². The Bertz CT molecular complexity index is 489. The number of hydrogen-bond acceptors (Lipinski definition) is 4. The van der Waals surface area contributed by atoms with E-state index in [1.807, 2.05) is 6.20 Å². The van der Waals surface area contributed by atoms with E-state index in [0.29, 0.717) is 6.04 Å². The van der Waals surface area contributed by atoms with E-state index in [2.05, 4.69) is 29.0 Å². The van der Waals surface area contributed by atoms with Crippen molar-refractivity contribution in [3.05, 3.63) is 23.0 Å². The second-order valence-electron chi connectivity index (χ2n) is 6.21. The molecule has 1 aromatic rings. The third kappa shape index (κ3) is 2.67. The highest BCUT2D eigenvalue weighted by molar-refractivity contribution is 5.41. The number of fused-ring (bicyclic) bond motifs is 2. The van der Waals surface area contributed by atoms with E-state index in [4.69, 9.17) is 4.74 Å². The Morgan fingerprint density at radius 1 is 1.30 bits per heavy atom. The van der Waals surface area contributed by atoms with Crippen molar-refractivity contribution in [3.63, 3.8) is 0 Å². The molecule has 0 radical (unpaired) electrons. The summed E-state index contributed by atoms with van der Waals surface area (Å²) >= 11 is 0. The Labute approximate surface area is 121 Å². The maximum absolute atomic E-state index is 5.51. The van der Waals surface area contributed by atoms with Crippen LogP contribution in [0.15, 0.2) is 6.20 Å². The maximum Gasteiger partial charge on any atom is 0.128 e. The molecule has 1 aromatic heterocycles. The van der Waals surface area contributed by atoms with Gasteiger partial charge in [-0.2, -0.15) is 0 Å². The highest BCUT2D eigenvalue weighted by atomic mass is 16.5. The lowest BCUT2D eigenvalue weighted by Crippen LogP contribution is -2.35. The number of hydrogen-bond donors (Lipinski definition) is 1. The van der Waals surface area contributed by atoms with E-state index in [-0.39, 0.29) is 0 Å². The van der Waals surface area contributed by atoms with Gasteiger partial charge in [0, 0.05) is 49.0 Å². The van der Waals surface area contributed by atoms with Gasteiger partial charge in [-0.15, -0.1) is 0 Å². The monoisotopic (exact) mass is 275 g/mol. The zero-order valence-electron chi connectivity index (χ0n) is 12.8. The Kier molecular flexibility index (Phi) is 3.94. The average molecular weight is 275 g/mol. The largest absolute Gasteiger partial charge is 0.496 e. The molecule has 2 aliphatic rings. The number of likely N-dealkylation sites (tertiary alicyclic amines) is 1. The van der Waals surface area contributed by atoms with E-state index < -0.39 is 0 Å². The third-order valence-electron chi connectivity index (χ3n) is 4.73. The van der Waals surface area contributed by atoms with E-state index in [0.717, 1.165) is 36.1 Å². The van der Waals surface area contributed by atoms with Crippen molar-refractivity contribution in [2.24, 2.45) is 0 Å². The Morgan fingerprint density at radius 3 is 2.90 bits per heavy atom. The molecule has 1 N–H and O–H groups in total. The molecule has 2 fully saturated rings. The molecule has 4 heteroatoms. The minimum Gasteiger partial charge on any atom is -0.496 e. The van der Waals surface area contributed by atoms with Crippen LogP contribution in [0.5, 0.6) is 5.75 Å². The lowest BCUT2D eigenvalue weighted by atomic mass is 10.1. The van der Waals surface area contributed by atoms with Crippen molar-refractivity contribution in [2.75, 3.05) is 20.2 Å². The van der Waals surface area contributed by atoms with Crippen molar-refractivity contribution in [3.8, 4) is 5.75 Å². The SMILES string of the molecule is COc1c(C)cnc(CN2CCC3CCC(C2)N3)c1C. The molecular formula is C16H25N3O. The second-order valence-corrected chi connectivity index (χ2v) is 6.21. The van der Waals surface area contributed by atoms with Crippen molar-refractivity contribution < 1.29 is 4.74 Å². The number of nitrogens with zero attached hydrogens (tertiary/aromatic N) is 2. The molecule has 0 aliphatic carbocycles. The van der Waals surface area contributed by atoms with E-state index in [1.165, 1.54) is 31.4 Å². The van der Waals surface area contributed by atoms with Crippen LogP contribution in [0.3, 0.4) is 0 Å². The molecule has 20 heavy (non-hydrogen) atoms. The highest BCUT2D eigenvalue weighted by Gasteiger charge is 2.29. The highest BCUT2D eigenvalue weighted by Crippen LogP contribution is 2.26. The number of pyridine rings is 1. The first kappa shape index (κ1) is 13.8. The fourth-order valence-corrected chi connectivity index (χ4v) is 3.60. The summed E-state index contributed by atoms with van der Waals surface area (Å²) in [6.45, 7) is 7.43. The van der Waals surface area contributed by atoms with Gasteiger partial charge in [-0.1, -0.05) is 0 Å². The van der Waals surface area contributed by atoms with Gasteiger partial charge in [0.25, 0.3) is 0 Å². The molecule has 3 rings (SSSR count). The molecule has 0 spiro atoms. The van der Waals surface area contributed by atoms with Crippen molar-refractivity contribution in [1.29, 1.82) is 0 Å². The molecule has 2 saturated heterocycles. The Hall–Kier alpha value is -1.13. The summed E-state index contributed by atoms with van der Waals surface area (Å²) in [7, 11) is 1.74. The summed E-state index contributed by atoms with van der Waals surface area (Å²) in [4.78, 5) is 7.17. The fourth-order valence-electron chi connectivity index (χ4n) is 3.60. The molecular weight excluding hydrogens is 250 g/mol. The maximum atomic E-state index is 5.51. The normalized spacial score (nSPS) is 26.6. The van der Waals surface area contributed by atoms with E-state index in [1.54, 1.807) is 7.11 Å². The second kappa shape index (κ2) is 5.70. The lowest BCUT2D eigenvalue weighted by molar-refractivity contribution is 0.247. The van der Waals surface area contributed by atoms with Gasteiger partial charge in [-0.3, -0.25) is 9.88 Å². The van der Waals surface area contributed by atoms with Crippen LogP contribution in [0.2, 0.25) is 0 Å². The zero-order valence-corrected chi connectivity index (χ0v) is 12.8. The van der Waals surface area contributed by atoms with Crippen LogP contribution in [0.1, 0.15) is 36.1 Å². The van der Waals surface area contributed by atoms with Gasteiger partial charge in [0.2, 0.25) is 0 Å². The number of ether oxygens (including phenoxy) is 1. The molecule has 2 unspecified atom stereocenters. The minimum atomic E-state index is 0.676. The molecule has 2 atom stereocenters. The minimum absolute atomic E-state index is 0.676. The Morgan fingerprint density at radius 2 is 2.10 bits per heavy atom. The first-order chi connectivity index (χ1) is 9.67. The van der Waals surface area contributed by atoms with Crippen LogP contribution >= 0.6 is 0 Å². The molecule has 110 valence electrons. The van der Waals surface area contributed by atoms with Gasteiger partial charge in [-0.25, -0.2) is 0 Å². The summed E-state index contributed by atoms with van der Waals surface area (Å²) in [5.41, 5.74) is 3.46. The number of nitrogens with one attached hydrogen (secondary N) is 1. The average Bonchev–Trinajstić information content (AvgIpc) is 2.76. The molecule has 0 amide bonds. The van der Waals surface area contributed by atoms with E-state index in [9.17, 15) is 0 Å². The predicted molar refractivity (Wildman–Crippen MR) is 80.1 cm³/mol. The molecule has 2 aliphatic heterocycles. The summed E-state index contributed by atoms with van der Waals surface area (Å²) < 4.78 is 5.51. The van der Waals surface area contributed by atoms with Crippen LogP contribution in [-0.4, -0.2) is 42.2 Å². The quantitative estimate of drug-likeness (QED) is 0.916. The molecule has 4 nitrogen and oxygen atoms in total. The number of rotatable bonds is 3. The number of aromatic nitrogens is 1. The van der Waals surface area contributed by atoms with E-state index >= 15 is 0 Å². The summed E-state index contributed by atoms with van der Waals surface area (Å²) in [6.07, 6.45) is 5.88. The summed E-state index contributed by atoms with van der Waals surface area (Å²) in [5, 5.41) is 3.73. The smallest absolute Gasteiger partial charge is 0.128 e. The fraction of sp³-hybridized carbons (Fsp3) is 0.688. The topological polar surface area (TPSA) is 37.4 Å². The summed E-state index contributed by atoms with van der Waals surface area (Å²) in [5.74, 6) is 0.990. The van der Waals surface area contributed by atoms with Crippen LogP contribution in [-0.2, 0) is 6.54 Å². The standard InChI is InChI=1S/C16H25N3O/c1-11-8-17-15(12(2)16(11)20-3)10-19-7-6-13-4-5-14(9-19)18-13/h8,13-14,18H,4-7,9-10H2,1-3H3. The van der Waals surface area contributed by atoms with Crippen LogP contribution < -0.4 is 10.1 Å². The predicted octanol–water partition coefficient (Wildman–Crippen LogP) is 2.03. The third-order valence-corrected chi connectivity index (χ3v) is 4.73. The lowest BCUT2D eigenvalue weighted by Gasteiger charge is -2.24. The molecule has 0 saturated carbocycles. The van der Waals surface area contributed by atoms with Gasteiger partial charge < -0.3 is 10.1 Å². The zero-order chi connectivity index (χ0) is 14.1. The van der Waals surface area contributed by atoms with Gasteiger partial charge >= 0.3 is 0 Å². The van der Waals surface area contributed by atoms with Gasteiger partial charge in [0.15, 0.2) is 0 Å². The first-order valence-corrected chi connectivity index (χ1v) is 7.65. The van der Waals surface area contributed by atoms with Gasteiger partial charge in [0.1, 0.15) is 5.75 Å². The summed E-state index contributed by atoms with van der Waals surface area (Å²) in [6, 6.07) is 1.42. The van der Waals surface area contributed by atoms with Gasteiger partial charge in [0.05, 0.1) is 12.8 Å². The van der Waals surface area contributed by atoms with Gasteiger partial charge in [-0.05, 0) is 33.1 Å². The van der Waals surface area contributed by atoms with Crippen LogP contribution in [0.25, 0.3) is 0 Å². The van der Waals surface area contributed by atoms with Crippen molar-refractivity contribution >= 4 is 0 Å².